The molecule has 0 radical (unpaired) electrons. The Labute approximate surface area is 171 Å². The second-order valence-electron chi connectivity index (χ2n) is 8.55. The van der Waals surface area contributed by atoms with Crippen molar-refractivity contribution in [2.75, 3.05) is 39.3 Å². The Morgan fingerprint density at radius 3 is 2.31 bits per heavy atom. The molecule has 3 fully saturated rings. The van der Waals surface area contributed by atoms with E-state index in [2.05, 4.69) is 15.6 Å². The molecule has 0 bridgehead atoms. The summed E-state index contributed by atoms with van der Waals surface area (Å²) < 4.78 is 37.8. The van der Waals surface area contributed by atoms with Gasteiger partial charge in [-0.05, 0) is 32.6 Å². The highest BCUT2D eigenvalue weighted by Gasteiger charge is 2.35. The lowest BCUT2D eigenvalue weighted by molar-refractivity contribution is -0.143. The molecule has 3 aliphatic rings. The Hall–Kier alpha value is -1.51. The van der Waals surface area contributed by atoms with Gasteiger partial charge in [-0.2, -0.15) is 13.2 Å². The molecule has 0 aromatic rings. The van der Waals surface area contributed by atoms with Crippen LogP contribution in [-0.2, 0) is 4.79 Å². The van der Waals surface area contributed by atoms with E-state index in [-0.39, 0.29) is 23.9 Å². The first-order valence-corrected chi connectivity index (χ1v) is 11.0. The molecule has 3 rings (SSSR count). The lowest BCUT2D eigenvalue weighted by Crippen LogP contribution is -2.49. The van der Waals surface area contributed by atoms with Crippen LogP contribution in [0, 0.1) is 5.92 Å². The number of rotatable bonds is 5. The quantitative estimate of drug-likeness (QED) is 0.533. The molecular weight excluding hydrogens is 383 g/mol. The van der Waals surface area contributed by atoms with E-state index in [1.807, 2.05) is 11.8 Å². The van der Waals surface area contributed by atoms with Gasteiger partial charge in [0.05, 0.1) is 6.54 Å². The van der Waals surface area contributed by atoms with E-state index >= 15 is 0 Å². The van der Waals surface area contributed by atoms with Crippen molar-refractivity contribution in [1.82, 2.24) is 20.4 Å². The molecule has 0 aromatic heterocycles. The molecule has 166 valence electrons. The van der Waals surface area contributed by atoms with Crippen molar-refractivity contribution < 1.29 is 18.0 Å². The predicted molar refractivity (Wildman–Crippen MR) is 107 cm³/mol. The molecule has 1 saturated carbocycles. The molecule has 1 aliphatic carbocycles. The summed E-state index contributed by atoms with van der Waals surface area (Å²) in [4.78, 5) is 20.6. The van der Waals surface area contributed by atoms with Crippen LogP contribution in [0.3, 0.4) is 0 Å². The standard InChI is InChI=1S/C20H34F3N5O/c1-2-24-19(25-16-8-10-27(12-16)14-20(21,22)23)26-17-9-11-28(13-17)18(29)15-6-4-3-5-7-15/h15-17H,2-14H2,1H3,(H2,24,25,26). The summed E-state index contributed by atoms with van der Waals surface area (Å²) in [5.41, 5.74) is 0. The maximum atomic E-state index is 12.7. The number of halogens is 3. The summed E-state index contributed by atoms with van der Waals surface area (Å²) >= 11 is 0. The van der Waals surface area contributed by atoms with Gasteiger partial charge in [0.15, 0.2) is 5.96 Å². The first-order chi connectivity index (χ1) is 13.8. The molecular formula is C20H34F3N5O. The fourth-order valence-electron chi connectivity index (χ4n) is 4.71. The first-order valence-electron chi connectivity index (χ1n) is 11.0. The SMILES string of the molecule is CCN=C(NC1CCN(CC(F)(F)F)C1)NC1CCN(C(=O)C2CCCCC2)C1. The normalized spacial score (nSPS) is 27.4. The fraction of sp³-hybridized carbons (Fsp3) is 0.900. The largest absolute Gasteiger partial charge is 0.401 e. The molecule has 1 amide bonds. The van der Waals surface area contributed by atoms with Gasteiger partial charge >= 0.3 is 6.18 Å². The third-order valence-corrected chi connectivity index (χ3v) is 6.13. The topological polar surface area (TPSA) is 60.0 Å². The number of aliphatic imine (C=N–C) groups is 1. The molecule has 0 spiro atoms. The molecule has 2 N–H and O–H groups in total. The third kappa shape index (κ3) is 6.76. The van der Waals surface area contributed by atoms with Gasteiger partial charge in [0.1, 0.15) is 0 Å². The third-order valence-electron chi connectivity index (χ3n) is 6.13. The summed E-state index contributed by atoms with van der Waals surface area (Å²) in [5, 5.41) is 6.69. The van der Waals surface area contributed by atoms with Gasteiger partial charge in [-0.1, -0.05) is 19.3 Å². The molecule has 6 nitrogen and oxygen atoms in total. The predicted octanol–water partition coefficient (Wildman–Crippen LogP) is 2.36. The summed E-state index contributed by atoms with van der Waals surface area (Å²) in [6, 6.07) is 0.0875. The maximum absolute atomic E-state index is 12.7. The number of likely N-dealkylation sites (tertiary alicyclic amines) is 2. The van der Waals surface area contributed by atoms with Crippen molar-refractivity contribution in [3.63, 3.8) is 0 Å². The van der Waals surface area contributed by atoms with E-state index in [9.17, 15) is 18.0 Å². The van der Waals surface area contributed by atoms with Crippen LogP contribution in [0.2, 0.25) is 0 Å². The van der Waals surface area contributed by atoms with E-state index in [4.69, 9.17) is 0 Å². The van der Waals surface area contributed by atoms with E-state index in [1.165, 1.54) is 11.3 Å². The Morgan fingerprint density at radius 2 is 1.66 bits per heavy atom. The average molecular weight is 418 g/mol. The molecule has 0 aromatic carbocycles. The number of alkyl halides is 3. The zero-order chi connectivity index (χ0) is 20.9. The molecule has 2 unspecified atom stereocenters. The lowest BCUT2D eigenvalue weighted by atomic mass is 9.88. The minimum absolute atomic E-state index is 0.0449. The van der Waals surface area contributed by atoms with Crippen LogP contribution in [0.5, 0.6) is 0 Å². The maximum Gasteiger partial charge on any atom is 0.401 e. The van der Waals surface area contributed by atoms with Gasteiger partial charge in [0.25, 0.3) is 0 Å². The Morgan fingerprint density at radius 1 is 1.00 bits per heavy atom. The fourth-order valence-corrected chi connectivity index (χ4v) is 4.71. The van der Waals surface area contributed by atoms with E-state index in [1.54, 1.807) is 0 Å². The summed E-state index contributed by atoms with van der Waals surface area (Å²) in [6.07, 6.45) is 2.92. The summed E-state index contributed by atoms with van der Waals surface area (Å²) in [6.45, 7) is 3.89. The average Bonchev–Trinajstić information content (AvgIpc) is 3.30. The van der Waals surface area contributed by atoms with Crippen LogP contribution in [0.4, 0.5) is 13.2 Å². The van der Waals surface area contributed by atoms with Gasteiger partial charge in [-0.3, -0.25) is 14.7 Å². The number of guanidine groups is 1. The highest BCUT2D eigenvalue weighted by atomic mass is 19.4. The zero-order valence-electron chi connectivity index (χ0n) is 17.3. The van der Waals surface area contributed by atoms with Gasteiger partial charge in [-0.25, -0.2) is 0 Å². The highest BCUT2D eigenvalue weighted by molar-refractivity contribution is 5.81. The van der Waals surface area contributed by atoms with Crippen LogP contribution in [0.1, 0.15) is 51.9 Å². The van der Waals surface area contributed by atoms with Crippen LogP contribution in [-0.4, -0.2) is 79.2 Å². The van der Waals surface area contributed by atoms with Crippen LogP contribution < -0.4 is 10.6 Å². The number of amides is 1. The van der Waals surface area contributed by atoms with Crippen molar-refractivity contribution in [2.45, 2.75) is 70.1 Å². The van der Waals surface area contributed by atoms with Crippen LogP contribution >= 0.6 is 0 Å². The number of nitrogens with one attached hydrogen (secondary N) is 2. The minimum Gasteiger partial charge on any atom is -0.352 e. The Balaban J connectivity index is 1.46. The van der Waals surface area contributed by atoms with Gasteiger partial charge in [0, 0.05) is 50.7 Å². The van der Waals surface area contributed by atoms with Crippen LogP contribution in [0.15, 0.2) is 4.99 Å². The lowest BCUT2D eigenvalue weighted by Gasteiger charge is -2.26. The van der Waals surface area contributed by atoms with Gasteiger partial charge in [0.2, 0.25) is 5.91 Å². The smallest absolute Gasteiger partial charge is 0.352 e. The van der Waals surface area contributed by atoms with Crippen molar-refractivity contribution in [2.24, 2.45) is 10.9 Å². The number of hydrogen-bond acceptors (Lipinski definition) is 3. The van der Waals surface area contributed by atoms with Gasteiger partial charge in [-0.15, -0.1) is 0 Å². The van der Waals surface area contributed by atoms with E-state index < -0.39 is 12.7 Å². The highest BCUT2D eigenvalue weighted by Crippen LogP contribution is 2.27. The molecule has 2 saturated heterocycles. The van der Waals surface area contributed by atoms with Gasteiger partial charge < -0.3 is 15.5 Å². The molecule has 2 aliphatic heterocycles. The zero-order valence-corrected chi connectivity index (χ0v) is 17.3. The monoisotopic (exact) mass is 417 g/mol. The second-order valence-corrected chi connectivity index (χ2v) is 8.55. The number of nitrogens with zero attached hydrogens (tertiary/aromatic N) is 3. The van der Waals surface area contributed by atoms with Crippen molar-refractivity contribution in [3.8, 4) is 0 Å². The number of carbonyl (C=O) groups is 1. The molecule has 9 heteroatoms. The van der Waals surface area contributed by atoms with Crippen LogP contribution in [0.25, 0.3) is 0 Å². The van der Waals surface area contributed by atoms with Crippen molar-refractivity contribution >= 4 is 11.9 Å². The molecule has 2 atom stereocenters. The van der Waals surface area contributed by atoms with Crippen molar-refractivity contribution in [3.05, 3.63) is 0 Å². The van der Waals surface area contributed by atoms with Crippen molar-refractivity contribution in [1.29, 1.82) is 0 Å². The second kappa shape index (κ2) is 10.00. The number of carbonyl (C=O) groups excluding carboxylic acids is 1. The summed E-state index contributed by atoms with van der Waals surface area (Å²) in [7, 11) is 0. The summed E-state index contributed by atoms with van der Waals surface area (Å²) in [5.74, 6) is 1.11. The van der Waals surface area contributed by atoms with E-state index in [0.717, 1.165) is 38.6 Å². The van der Waals surface area contributed by atoms with E-state index in [0.29, 0.717) is 38.6 Å². The minimum atomic E-state index is -4.16. The Kier molecular flexibility index (Phi) is 7.65. The Bertz CT molecular complexity index is 577. The number of hydrogen-bond donors (Lipinski definition) is 2. The first kappa shape index (κ1) is 22.2. The molecule has 2 heterocycles. The molecule has 29 heavy (non-hydrogen) atoms.